The smallest absolute Gasteiger partial charge is 0.259 e. The summed E-state index contributed by atoms with van der Waals surface area (Å²) < 4.78 is 14.8. The second kappa shape index (κ2) is 9.31. The van der Waals surface area contributed by atoms with Crippen molar-refractivity contribution in [1.82, 2.24) is 14.7 Å². The summed E-state index contributed by atoms with van der Waals surface area (Å²) in [7, 11) is 0. The SMILES string of the molecule is CCN(CC)C(=O)c1ccc(NC(=O)c2c(C)nn(-c3ccc(F)cc3)c2C)cc1Cl. The molecular weight excluding hydrogens is 419 g/mol. The van der Waals surface area contributed by atoms with Gasteiger partial charge < -0.3 is 10.2 Å². The quantitative estimate of drug-likeness (QED) is 0.583. The molecule has 6 nitrogen and oxygen atoms in total. The lowest BCUT2D eigenvalue weighted by atomic mass is 10.1. The third-order valence-electron chi connectivity index (χ3n) is 5.10. The van der Waals surface area contributed by atoms with Crippen LogP contribution in [0.4, 0.5) is 10.1 Å². The van der Waals surface area contributed by atoms with Crippen molar-refractivity contribution in [3.05, 3.63) is 75.8 Å². The monoisotopic (exact) mass is 442 g/mol. The molecule has 1 N–H and O–H groups in total. The molecule has 0 saturated heterocycles. The van der Waals surface area contributed by atoms with Crippen molar-refractivity contribution >= 4 is 29.1 Å². The molecule has 1 heterocycles. The predicted molar refractivity (Wildman–Crippen MR) is 120 cm³/mol. The van der Waals surface area contributed by atoms with Crippen molar-refractivity contribution in [2.75, 3.05) is 18.4 Å². The standard InChI is InChI=1S/C23H24ClFN4O2/c1-5-28(6-2)23(31)19-12-9-17(13-20(19)24)26-22(30)21-14(3)27-29(15(21)4)18-10-7-16(25)8-11-18/h7-13H,5-6H2,1-4H3,(H,26,30). The number of aromatic nitrogens is 2. The van der Waals surface area contributed by atoms with E-state index in [-0.39, 0.29) is 22.7 Å². The molecule has 2 aromatic carbocycles. The second-order valence-electron chi connectivity index (χ2n) is 7.06. The zero-order valence-corrected chi connectivity index (χ0v) is 18.6. The highest BCUT2D eigenvalue weighted by Crippen LogP contribution is 2.24. The lowest BCUT2D eigenvalue weighted by Crippen LogP contribution is -2.30. The van der Waals surface area contributed by atoms with Crippen LogP contribution in [0.2, 0.25) is 5.02 Å². The number of halogens is 2. The summed E-state index contributed by atoms with van der Waals surface area (Å²) in [6.45, 7) is 8.49. The second-order valence-corrected chi connectivity index (χ2v) is 7.47. The molecule has 0 atom stereocenters. The van der Waals surface area contributed by atoms with E-state index in [1.807, 2.05) is 13.8 Å². The van der Waals surface area contributed by atoms with E-state index in [1.165, 1.54) is 12.1 Å². The first-order chi connectivity index (χ1) is 14.8. The zero-order valence-electron chi connectivity index (χ0n) is 17.9. The fraction of sp³-hybridized carbons (Fsp3) is 0.261. The Balaban J connectivity index is 1.84. The molecule has 0 fully saturated rings. The van der Waals surface area contributed by atoms with Gasteiger partial charge in [0.05, 0.1) is 33.2 Å². The van der Waals surface area contributed by atoms with Crippen LogP contribution in [0.25, 0.3) is 5.69 Å². The summed E-state index contributed by atoms with van der Waals surface area (Å²) in [4.78, 5) is 27.2. The Bertz CT molecular complexity index is 1120. The summed E-state index contributed by atoms with van der Waals surface area (Å²) >= 11 is 6.33. The lowest BCUT2D eigenvalue weighted by molar-refractivity contribution is 0.0773. The van der Waals surface area contributed by atoms with Crippen LogP contribution in [0.5, 0.6) is 0 Å². The molecule has 3 aromatic rings. The number of carbonyl (C=O) groups excluding carboxylic acids is 2. The Hall–Kier alpha value is -3.19. The molecular formula is C23H24ClFN4O2. The van der Waals surface area contributed by atoms with Crippen molar-refractivity contribution < 1.29 is 14.0 Å². The Morgan fingerprint density at radius 2 is 1.74 bits per heavy atom. The van der Waals surface area contributed by atoms with E-state index in [2.05, 4.69) is 10.4 Å². The minimum atomic E-state index is -0.345. The van der Waals surface area contributed by atoms with Crippen molar-refractivity contribution in [2.45, 2.75) is 27.7 Å². The largest absolute Gasteiger partial charge is 0.339 e. The van der Waals surface area contributed by atoms with E-state index < -0.39 is 0 Å². The molecule has 2 amide bonds. The maximum Gasteiger partial charge on any atom is 0.259 e. The van der Waals surface area contributed by atoms with Gasteiger partial charge in [0.1, 0.15) is 5.82 Å². The molecule has 0 aliphatic carbocycles. The minimum Gasteiger partial charge on any atom is -0.339 e. The third kappa shape index (κ3) is 4.61. The van der Waals surface area contributed by atoms with Gasteiger partial charge in [-0.05, 0) is 70.2 Å². The number of hydrogen-bond acceptors (Lipinski definition) is 3. The zero-order chi connectivity index (χ0) is 22.7. The number of anilines is 1. The number of amides is 2. The van der Waals surface area contributed by atoms with E-state index >= 15 is 0 Å². The Morgan fingerprint density at radius 3 is 2.32 bits per heavy atom. The molecule has 0 aliphatic heterocycles. The molecule has 162 valence electrons. The van der Waals surface area contributed by atoms with Crippen LogP contribution in [0, 0.1) is 19.7 Å². The van der Waals surface area contributed by atoms with E-state index in [0.29, 0.717) is 47.0 Å². The Morgan fingerprint density at radius 1 is 1.10 bits per heavy atom. The number of nitrogens with zero attached hydrogens (tertiary/aromatic N) is 3. The van der Waals surface area contributed by atoms with Gasteiger partial charge >= 0.3 is 0 Å². The van der Waals surface area contributed by atoms with Crippen molar-refractivity contribution in [3.8, 4) is 5.69 Å². The Kier molecular flexibility index (Phi) is 6.75. The van der Waals surface area contributed by atoms with Gasteiger partial charge in [-0.25, -0.2) is 9.07 Å². The first kappa shape index (κ1) is 22.5. The van der Waals surface area contributed by atoms with E-state index in [1.54, 1.807) is 53.8 Å². The molecule has 0 saturated carbocycles. The number of carbonyl (C=O) groups is 2. The maximum atomic E-state index is 13.2. The molecule has 3 rings (SSSR count). The van der Waals surface area contributed by atoms with Crippen molar-refractivity contribution in [2.24, 2.45) is 0 Å². The van der Waals surface area contributed by atoms with E-state index in [0.717, 1.165) is 0 Å². The van der Waals surface area contributed by atoms with Crippen LogP contribution < -0.4 is 5.32 Å². The van der Waals surface area contributed by atoms with Gasteiger partial charge in [-0.2, -0.15) is 5.10 Å². The first-order valence-electron chi connectivity index (χ1n) is 9.99. The lowest BCUT2D eigenvalue weighted by Gasteiger charge is -2.19. The van der Waals surface area contributed by atoms with Gasteiger partial charge in [-0.15, -0.1) is 0 Å². The van der Waals surface area contributed by atoms with Crippen LogP contribution >= 0.6 is 11.6 Å². The number of rotatable bonds is 6. The summed E-state index contributed by atoms with van der Waals surface area (Å²) in [6, 6.07) is 10.7. The van der Waals surface area contributed by atoms with Gasteiger partial charge in [-0.3, -0.25) is 9.59 Å². The Labute approximate surface area is 185 Å². The van der Waals surface area contributed by atoms with Gasteiger partial charge in [0.25, 0.3) is 11.8 Å². The van der Waals surface area contributed by atoms with E-state index in [4.69, 9.17) is 11.6 Å². The molecule has 0 spiro atoms. The molecule has 0 bridgehead atoms. The fourth-order valence-corrected chi connectivity index (χ4v) is 3.71. The molecule has 0 unspecified atom stereocenters. The van der Waals surface area contributed by atoms with Gasteiger partial charge in [0.15, 0.2) is 0 Å². The molecule has 31 heavy (non-hydrogen) atoms. The van der Waals surface area contributed by atoms with Crippen LogP contribution in [0.1, 0.15) is 46.0 Å². The topological polar surface area (TPSA) is 67.2 Å². The average Bonchev–Trinajstić information content (AvgIpc) is 3.03. The summed E-state index contributed by atoms with van der Waals surface area (Å²) in [5.41, 5.74) is 3.10. The number of benzene rings is 2. The fourth-order valence-electron chi connectivity index (χ4n) is 3.45. The summed E-state index contributed by atoms with van der Waals surface area (Å²) in [5, 5.41) is 7.51. The third-order valence-corrected chi connectivity index (χ3v) is 5.41. The highest BCUT2D eigenvalue weighted by molar-refractivity contribution is 6.34. The van der Waals surface area contributed by atoms with Gasteiger partial charge in [-0.1, -0.05) is 11.6 Å². The number of hydrogen-bond donors (Lipinski definition) is 1. The molecule has 1 aromatic heterocycles. The number of aryl methyl sites for hydroxylation is 1. The minimum absolute atomic E-state index is 0.153. The van der Waals surface area contributed by atoms with E-state index in [9.17, 15) is 14.0 Å². The van der Waals surface area contributed by atoms with Crippen molar-refractivity contribution in [3.63, 3.8) is 0 Å². The van der Waals surface area contributed by atoms with Gasteiger partial charge in [0.2, 0.25) is 0 Å². The highest BCUT2D eigenvalue weighted by Gasteiger charge is 2.21. The highest BCUT2D eigenvalue weighted by atomic mass is 35.5. The average molecular weight is 443 g/mol. The molecule has 8 heteroatoms. The normalized spacial score (nSPS) is 10.8. The van der Waals surface area contributed by atoms with Gasteiger partial charge in [0, 0.05) is 18.8 Å². The predicted octanol–water partition coefficient (Wildman–Crippen LogP) is 5.02. The molecule has 0 radical (unpaired) electrons. The van der Waals surface area contributed by atoms with Crippen LogP contribution in [0.15, 0.2) is 42.5 Å². The van der Waals surface area contributed by atoms with Crippen LogP contribution in [-0.2, 0) is 0 Å². The molecule has 0 aliphatic rings. The maximum absolute atomic E-state index is 13.2. The van der Waals surface area contributed by atoms with Crippen LogP contribution in [-0.4, -0.2) is 39.6 Å². The number of nitrogens with one attached hydrogen (secondary N) is 1. The summed E-state index contributed by atoms with van der Waals surface area (Å²) in [6.07, 6.45) is 0. The summed E-state index contributed by atoms with van der Waals surface area (Å²) in [5.74, 6) is -0.842. The first-order valence-corrected chi connectivity index (χ1v) is 10.4. The van der Waals surface area contributed by atoms with Crippen molar-refractivity contribution in [1.29, 1.82) is 0 Å². The van der Waals surface area contributed by atoms with Crippen LogP contribution in [0.3, 0.4) is 0 Å².